The molecule has 0 unspecified atom stereocenters. The number of hydrogen-bond acceptors (Lipinski definition) is 1. The summed E-state index contributed by atoms with van der Waals surface area (Å²) in [7, 11) is 0. The molecule has 0 aliphatic carbocycles. The number of aliphatic hydroxyl groups excluding tert-OH is 1. The Balaban J connectivity index is 3.62. The van der Waals surface area contributed by atoms with E-state index in [4.69, 9.17) is 5.11 Å². The summed E-state index contributed by atoms with van der Waals surface area (Å²) < 4.78 is 0. The molecule has 0 spiro atoms. The molecule has 0 aromatic rings. The molecule has 0 aromatic heterocycles. The van der Waals surface area contributed by atoms with Crippen LogP contribution in [0.25, 0.3) is 0 Å². The van der Waals surface area contributed by atoms with E-state index in [9.17, 15) is 0 Å². The molecule has 48 valence electrons. The molecular weight excluding hydrogens is 100 g/mol. The zero-order valence-corrected chi connectivity index (χ0v) is 5.86. The van der Waals surface area contributed by atoms with Gasteiger partial charge in [0.25, 0.3) is 0 Å². The zero-order chi connectivity index (χ0) is 6.57. The SMILES string of the molecule is CCCC(C)=C(C)O. The highest BCUT2D eigenvalue weighted by molar-refractivity contribution is 5.00. The van der Waals surface area contributed by atoms with Crippen LogP contribution >= 0.6 is 0 Å². The fraction of sp³-hybridized carbons (Fsp3) is 0.714. The van der Waals surface area contributed by atoms with Crippen molar-refractivity contribution in [1.29, 1.82) is 0 Å². The highest BCUT2D eigenvalue weighted by Gasteiger charge is 1.89. The standard InChI is InChI=1S/C7H14O/c1-4-5-6(2)7(3)8/h8H,4-5H2,1-3H3. The van der Waals surface area contributed by atoms with E-state index in [1.807, 2.05) is 6.92 Å². The van der Waals surface area contributed by atoms with Crippen LogP contribution in [0.5, 0.6) is 0 Å². The molecule has 1 heteroatoms. The van der Waals surface area contributed by atoms with Crippen LogP contribution in [0, 0.1) is 0 Å². The van der Waals surface area contributed by atoms with Gasteiger partial charge in [0.1, 0.15) is 0 Å². The Morgan fingerprint density at radius 1 is 1.38 bits per heavy atom. The summed E-state index contributed by atoms with van der Waals surface area (Å²) in [5, 5.41) is 8.83. The van der Waals surface area contributed by atoms with Gasteiger partial charge < -0.3 is 5.11 Å². The molecule has 0 saturated carbocycles. The topological polar surface area (TPSA) is 20.2 Å². The van der Waals surface area contributed by atoms with Gasteiger partial charge in [0.05, 0.1) is 5.76 Å². The number of aliphatic hydroxyl groups is 1. The van der Waals surface area contributed by atoms with Crippen LogP contribution in [-0.2, 0) is 0 Å². The summed E-state index contributed by atoms with van der Waals surface area (Å²) in [6.45, 7) is 5.79. The van der Waals surface area contributed by atoms with Crippen molar-refractivity contribution in [2.75, 3.05) is 0 Å². The first-order valence-corrected chi connectivity index (χ1v) is 3.03. The Morgan fingerprint density at radius 2 is 1.88 bits per heavy atom. The minimum Gasteiger partial charge on any atom is -0.513 e. The van der Waals surface area contributed by atoms with Gasteiger partial charge in [-0.25, -0.2) is 0 Å². The van der Waals surface area contributed by atoms with Gasteiger partial charge >= 0.3 is 0 Å². The minimum absolute atomic E-state index is 0.479. The summed E-state index contributed by atoms with van der Waals surface area (Å²) in [6, 6.07) is 0. The predicted octanol–water partition coefficient (Wildman–Crippen LogP) is 2.64. The van der Waals surface area contributed by atoms with Crippen molar-refractivity contribution in [3.8, 4) is 0 Å². The van der Waals surface area contributed by atoms with Crippen molar-refractivity contribution in [3.63, 3.8) is 0 Å². The van der Waals surface area contributed by atoms with Gasteiger partial charge in [-0.05, 0) is 25.8 Å². The lowest BCUT2D eigenvalue weighted by molar-refractivity contribution is 0.404. The van der Waals surface area contributed by atoms with Crippen molar-refractivity contribution in [3.05, 3.63) is 11.3 Å². The molecule has 0 aliphatic heterocycles. The van der Waals surface area contributed by atoms with Crippen molar-refractivity contribution in [2.45, 2.75) is 33.6 Å². The quantitative estimate of drug-likeness (QED) is 0.547. The van der Waals surface area contributed by atoms with E-state index in [-0.39, 0.29) is 0 Å². The Labute approximate surface area is 51.0 Å². The summed E-state index contributed by atoms with van der Waals surface area (Å²) in [6.07, 6.45) is 2.13. The molecule has 0 radical (unpaired) electrons. The molecular formula is C7H14O. The highest BCUT2D eigenvalue weighted by atomic mass is 16.3. The van der Waals surface area contributed by atoms with Gasteiger partial charge in [0.2, 0.25) is 0 Å². The maximum atomic E-state index is 8.83. The highest BCUT2D eigenvalue weighted by Crippen LogP contribution is 2.06. The molecule has 8 heavy (non-hydrogen) atoms. The number of hydrogen-bond donors (Lipinski definition) is 1. The van der Waals surface area contributed by atoms with Crippen LogP contribution in [0.4, 0.5) is 0 Å². The first-order chi connectivity index (χ1) is 3.68. The third kappa shape index (κ3) is 2.67. The maximum Gasteiger partial charge on any atom is 0.0880 e. The molecule has 0 aromatic carbocycles. The third-order valence-electron chi connectivity index (χ3n) is 1.24. The van der Waals surface area contributed by atoms with Crippen LogP contribution in [0.15, 0.2) is 11.3 Å². The normalized spacial score (nSPS) is 13.4. The van der Waals surface area contributed by atoms with Crippen molar-refractivity contribution < 1.29 is 5.11 Å². The van der Waals surface area contributed by atoms with E-state index in [0.717, 1.165) is 18.4 Å². The van der Waals surface area contributed by atoms with Gasteiger partial charge in [0, 0.05) is 0 Å². The summed E-state index contributed by atoms with van der Waals surface area (Å²) in [5.74, 6) is 0.479. The van der Waals surface area contributed by atoms with Crippen LogP contribution in [0.3, 0.4) is 0 Å². The fourth-order valence-electron chi connectivity index (χ4n) is 0.556. The van der Waals surface area contributed by atoms with E-state index in [2.05, 4.69) is 6.92 Å². The van der Waals surface area contributed by atoms with Crippen molar-refractivity contribution >= 4 is 0 Å². The first-order valence-electron chi connectivity index (χ1n) is 3.03. The second-order valence-electron chi connectivity index (χ2n) is 2.12. The lowest BCUT2D eigenvalue weighted by Gasteiger charge is -1.96. The minimum atomic E-state index is 0.479. The van der Waals surface area contributed by atoms with Gasteiger partial charge in [-0.3, -0.25) is 0 Å². The van der Waals surface area contributed by atoms with Gasteiger partial charge in [-0.15, -0.1) is 0 Å². The fourth-order valence-corrected chi connectivity index (χ4v) is 0.556. The molecule has 0 heterocycles. The summed E-state index contributed by atoms with van der Waals surface area (Å²) >= 11 is 0. The second kappa shape index (κ2) is 3.53. The smallest absolute Gasteiger partial charge is 0.0880 e. The lowest BCUT2D eigenvalue weighted by Crippen LogP contribution is -1.80. The first kappa shape index (κ1) is 7.54. The van der Waals surface area contributed by atoms with Crippen molar-refractivity contribution in [1.82, 2.24) is 0 Å². The Kier molecular flexibility index (Phi) is 3.33. The monoisotopic (exact) mass is 114 g/mol. The van der Waals surface area contributed by atoms with Crippen LogP contribution in [-0.4, -0.2) is 5.11 Å². The Hall–Kier alpha value is -0.460. The van der Waals surface area contributed by atoms with Gasteiger partial charge in [-0.2, -0.15) is 0 Å². The molecule has 0 fully saturated rings. The summed E-state index contributed by atoms with van der Waals surface area (Å²) in [5.41, 5.74) is 1.10. The van der Waals surface area contributed by atoms with Crippen LogP contribution < -0.4 is 0 Å². The largest absolute Gasteiger partial charge is 0.513 e. The predicted molar refractivity (Wildman–Crippen MR) is 35.9 cm³/mol. The molecule has 1 nitrogen and oxygen atoms in total. The molecule has 0 rings (SSSR count). The van der Waals surface area contributed by atoms with Gasteiger partial charge in [0.15, 0.2) is 0 Å². The van der Waals surface area contributed by atoms with E-state index in [0.29, 0.717) is 5.76 Å². The molecule has 0 saturated heterocycles. The number of allylic oxidation sites excluding steroid dienone is 2. The average molecular weight is 114 g/mol. The maximum absolute atomic E-state index is 8.83. The molecule has 1 N–H and O–H groups in total. The van der Waals surface area contributed by atoms with E-state index >= 15 is 0 Å². The molecule has 0 aliphatic rings. The van der Waals surface area contributed by atoms with Crippen LogP contribution in [0.1, 0.15) is 33.6 Å². The number of rotatable bonds is 2. The Bertz CT molecular complexity index is 88.6. The molecule has 0 bridgehead atoms. The molecule has 0 amide bonds. The van der Waals surface area contributed by atoms with Crippen LogP contribution in [0.2, 0.25) is 0 Å². The van der Waals surface area contributed by atoms with Gasteiger partial charge in [-0.1, -0.05) is 13.3 Å². The zero-order valence-electron chi connectivity index (χ0n) is 5.86. The van der Waals surface area contributed by atoms with Crippen molar-refractivity contribution in [2.24, 2.45) is 0 Å². The Morgan fingerprint density at radius 3 is 2.00 bits per heavy atom. The van der Waals surface area contributed by atoms with E-state index < -0.39 is 0 Å². The van der Waals surface area contributed by atoms with E-state index in [1.165, 1.54) is 0 Å². The average Bonchev–Trinajstić information content (AvgIpc) is 1.67. The lowest BCUT2D eigenvalue weighted by atomic mass is 10.1. The van der Waals surface area contributed by atoms with E-state index in [1.54, 1.807) is 6.92 Å². The molecule has 0 atom stereocenters. The second-order valence-corrected chi connectivity index (χ2v) is 2.12. The summed E-state index contributed by atoms with van der Waals surface area (Å²) in [4.78, 5) is 0. The third-order valence-corrected chi connectivity index (χ3v) is 1.24.